The van der Waals surface area contributed by atoms with Crippen molar-refractivity contribution in [3.05, 3.63) is 52.8 Å². The number of nitrogens with zero attached hydrogens (tertiary/aromatic N) is 3. The maximum absolute atomic E-state index is 10.5. The van der Waals surface area contributed by atoms with Crippen molar-refractivity contribution in [2.75, 3.05) is 0 Å². The number of aliphatic hydroxyl groups is 1. The van der Waals surface area contributed by atoms with E-state index in [-0.39, 0.29) is 16.7 Å². The average molecular weight is 309 g/mol. The highest BCUT2D eigenvalue weighted by molar-refractivity contribution is 5.93. The van der Waals surface area contributed by atoms with Gasteiger partial charge in [0.1, 0.15) is 17.3 Å². The number of allylic oxidation sites excluding steroid dienone is 1. The third-order valence-electron chi connectivity index (χ3n) is 3.92. The summed E-state index contributed by atoms with van der Waals surface area (Å²) in [4.78, 5) is 0. The monoisotopic (exact) mass is 309 g/mol. The first-order chi connectivity index (χ1) is 10.8. The van der Waals surface area contributed by atoms with Crippen molar-refractivity contribution in [1.29, 1.82) is 5.26 Å². The molecule has 1 aromatic carbocycles. The van der Waals surface area contributed by atoms with Crippen LogP contribution in [0.3, 0.4) is 0 Å². The molecule has 1 N–H and O–H groups in total. The molecule has 0 bridgehead atoms. The average Bonchev–Trinajstić information content (AvgIpc) is 2.88. The summed E-state index contributed by atoms with van der Waals surface area (Å²) >= 11 is 0. The topological polar surface area (TPSA) is 61.8 Å². The number of aromatic nitrogens is 2. The van der Waals surface area contributed by atoms with E-state index in [9.17, 15) is 10.4 Å². The van der Waals surface area contributed by atoms with Crippen molar-refractivity contribution in [2.45, 2.75) is 39.5 Å². The molecular formula is C19H23N3O. The van der Waals surface area contributed by atoms with Crippen molar-refractivity contribution in [2.24, 2.45) is 7.05 Å². The van der Waals surface area contributed by atoms with Crippen LogP contribution in [0.25, 0.3) is 11.3 Å². The van der Waals surface area contributed by atoms with E-state index in [1.807, 2.05) is 37.3 Å². The summed E-state index contributed by atoms with van der Waals surface area (Å²) < 4.78 is 1.61. The highest BCUT2D eigenvalue weighted by Gasteiger charge is 2.17. The van der Waals surface area contributed by atoms with Crippen molar-refractivity contribution in [3.8, 4) is 6.07 Å². The first-order valence-electron chi connectivity index (χ1n) is 7.75. The van der Waals surface area contributed by atoms with E-state index in [4.69, 9.17) is 0 Å². The summed E-state index contributed by atoms with van der Waals surface area (Å²) in [5.74, 6) is -0.0364. The fraction of sp³-hybridized carbons (Fsp3) is 0.368. The maximum Gasteiger partial charge on any atom is 0.159 e. The third kappa shape index (κ3) is 3.45. The quantitative estimate of drug-likeness (QED) is 0.681. The zero-order valence-electron chi connectivity index (χ0n) is 14.4. The standard InChI is InChI=1S/C19H23N3O/c1-6-15-11-17(22(5)21-15)18(23)16(12-20)13-7-9-14(10-8-13)19(2,3)4/h7-11,23H,6H2,1-5H3. The Hall–Kier alpha value is -2.54. The predicted molar refractivity (Wildman–Crippen MR) is 92.8 cm³/mol. The lowest BCUT2D eigenvalue weighted by atomic mass is 9.86. The summed E-state index contributed by atoms with van der Waals surface area (Å²) in [7, 11) is 1.77. The molecule has 23 heavy (non-hydrogen) atoms. The number of benzene rings is 1. The molecular weight excluding hydrogens is 286 g/mol. The number of nitriles is 1. The second kappa shape index (κ2) is 6.29. The van der Waals surface area contributed by atoms with Crippen molar-refractivity contribution < 1.29 is 5.11 Å². The van der Waals surface area contributed by atoms with Gasteiger partial charge in [0, 0.05) is 7.05 Å². The zero-order valence-corrected chi connectivity index (χ0v) is 14.4. The van der Waals surface area contributed by atoms with Crippen LogP contribution >= 0.6 is 0 Å². The lowest BCUT2D eigenvalue weighted by Gasteiger charge is -2.19. The second-order valence-corrected chi connectivity index (χ2v) is 6.66. The fourth-order valence-electron chi connectivity index (χ4n) is 2.44. The maximum atomic E-state index is 10.5. The van der Waals surface area contributed by atoms with Gasteiger partial charge in [-0.05, 0) is 29.0 Å². The third-order valence-corrected chi connectivity index (χ3v) is 3.92. The Kier molecular flexibility index (Phi) is 4.60. The molecule has 0 radical (unpaired) electrons. The molecule has 4 nitrogen and oxygen atoms in total. The van der Waals surface area contributed by atoms with Gasteiger partial charge in [-0.3, -0.25) is 4.68 Å². The summed E-state index contributed by atoms with van der Waals surface area (Å²) in [6, 6.07) is 11.7. The minimum absolute atomic E-state index is 0.0364. The van der Waals surface area contributed by atoms with Crippen LogP contribution < -0.4 is 0 Å². The van der Waals surface area contributed by atoms with Gasteiger partial charge in [-0.15, -0.1) is 0 Å². The molecule has 2 aromatic rings. The number of aryl methyl sites for hydroxylation is 2. The van der Waals surface area contributed by atoms with Crippen LogP contribution in [-0.4, -0.2) is 14.9 Å². The Balaban J connectivity index is 2.49. The van der Waals surface area contributed by atoms with Crippen LogP contribution in [0.2, 0.25) is 0 Å². The molecule has 0 unspecified atom stereocenters. The Bertz CT molecular complexity index is 768. The summed E-state index contributed by atoms with van der Waals surface area (Å²) in [5, 5.41) is 24.4. The molecule has 0 saturated heterocycles. The lowest BCUT2D eigenvalue weighted by Crippen LogP contribution is -2.10. The molecule has 2 rings (SSSR count). The molecule has 120 valence electrons. The van der Waals surface area contributed by atoms with Crippen LogP contribution in [0.5, 0.6) is 0 Å². The van der Waals surface area contributed by atoms with E-state index in [0.29, 0.717) is 11.3 Å². The van der Waals surface area contributed by atoms with Crippen molar-refractivity contribution >= 4 is 11.3 Å². The van der Waals surface area contributed by atoms with Crippen molar-refractivity contribution in [3.63, 3.8) is 0 Å². The van der Waals surface area contributed by atoms with E-state index < -0.39 is 0 Å². The van der Waals surface area contributed by atoms with Gasteiger partial charge >= 0.3 is 0 Å². The molecule has 0 amide bonds. The van der Waals surface area contributed by atoms with Gasteiger partial charge in [0.2, 0.25) is 0 Å². The Labute approximate surface area is 137 Å². The van der Waals surface area contributed by atoms with Crippen LogP contribution in [0.4, 0.5) is 0 Å². The van der Waals surface area contributed by atoms with Crippen LogP contribution in [0.1, 0.15) is 50.2 Å². The van der Waals surface area contributed by atoms with Gasteiger partial charge in [0.25, 0.3) is 0 Å². The summed E-state index contributed by atoms with van der Waals surface area (Å²) in [6.07, 6.45) is 0.781. The summed E-state index contributed by atoms with van der Waals surface area (Å²) in [6.45, 7) is 8.43. The SMILES string of the molecule is CCc1cc(C(O)=C(C#N)c2ccc(C(C)(C)C)cc2)n(C)n1. The molecule has 4 heteroatoms. The van der Waals surface area contributed by atoms with Gasteiger partial charge < -0.3 is 5.11 Å². The number of rotatable bonds is 3. The van der Waals surface area contributed by atoms with Gasteiger partial charge in [0.05, 0.1) is 5.69 Å². The van der Waals surface area contributed by atoms with Crippen molar-refractivity contribution in [1.82, 2.24) is 9.78 Å². The molecule has 0 spiro atoms. The number of aliphatic hydroxyl groups excluding tert-OH is 1. The first kappa shape index (κ1) is 16.8. The summed E-state index contributed by atoms with van der Waals surface area (Å²) in [5.41, 5.74) is 3.64. The van der Waals surface area contributed by atoms with Crippen LogP contribution in [-0.2, 0) is 18.9 Å². The Morgan fingerprint density at radius 1 is 1.26 bits per heavy atom. The highest BCUT2D eigenvalue weighted by atomic mass is 16.3. The van der Waals surface area contributed by atoms with Gasteiger partial charge in [-0.2, -0.15) is 10.4 Å². The molecule has 0 saturated carbocycles. The highest BCUT2D eigenvalue weighted by Crippen LogP contribution is 2.27. The van der Waals surface area contributed by atoms with E-state index in [1.54, 1.807) is 11.7 Å². The number of hydrogen-bond donors (Lipinski definition) is 1. The Morgan fingerprint density at radius 3 is 2.30 bits per heavy atom. The molecule has 0 aliphatic rings. The minimum atomic E-state index is -0.0364. The van der Waals surface area contributed by atoms with E-state index >= 15 is 0 Å². The fourth-order valence-corrected chi connectivity index (χ4v) is 2.44. The van der Waals surface area contributed by atoms with Gasteiger partial charge in [-0.25, -0.2) is 0 Å². The van der Waals surface area contributed by atoms with E-state index in [2.05, 4.69) is 31.9 Å². The molecule has 1 aromatic heterocycles. The lowest BCUT2D eigenvalue weighted by molar-refractivity contribution is 0.503. The van der Waals surface area contributed by atoms with E-state index in [1.165, 1.54) is 5.56 Å². The van der Waals surface area contributed by atoms with Gasteiger partial charge in [-0.1, -0.05) is 52.0 Å². The predicted octanol–water partition coefficient (Wildman–Crippen LogP) is 4.23. The Morgan fingerprint density at radius 2 is 1.87 bits per heavy atom. The van der Waals surface area contributed by atoms with Crippen LogP contribution in [0.15, 0.2) is 30.3 Å². The molecule has 0 aliphatic heterocycles. The normalized spacial score (nSPS) is 12.7. The largest absolute Gasteiger partial charge is 0.504 e. The molecule has 0 aliphatic carbocycles. The smallest absolute Gasteiger partial charge is 0.159 e. The number of hydrogen-bond acceptors (Lipinski definition) is 3. The minimum Gasteiger partial charge on any atom is -0.504 e. The van der Waals surface area contributed by atoms with Crippen LogP contribution in [0, 0.1) is 11.3 Å². The molecule has 1 heterocycles. The second-order valence-electron chi connectivity index (χ2n) is 6.66. The van der Waals surface area contributed by atoms with Gasteiger partial charge in [0.15, 0.2) is 5.76 Å². The molecule has 0 fully saturated rings. The zero-order chi connectivity index (χ0) is 17.2. The molecule has 0 atom stereocenters. The first-order valence-corrected chi connectivity index (χ1v) is 7.75. The van der Waals surface area contributed by atoms with E-state index in [0.717, 1.165) is 12.1 Å².